The van der Waals surface area contributed by atoms with Crippen molar-refractivity contribution in [3.05, 3.63) is 250 Å². The topological polar surface area (TPSA) is 36.8 Å². The normalized spacial score (nSPS) is 21.1. The van der Waals surface area contributed by atoms with Crippen molar-refractivity contribution in [1.29, 1.82) is 5.26 Å². The molecule has 0 radical (unpaired) electrons. The molecule has 0 aromatic heterocycles. The molecule has 4 heterocycles. The van der Waals surface area contributed by atoms with Crippen molar-refractivity contribution < 1.29 is 0 Å². The van der Waals surface area contributed by atoms with E-state index in [9.17, 15) is 5.26 Å². The van der Waals surface area contributed by atoms with Crippen molar-refractivity contribution in [3.63, 3.8) is 0 Å². The number of nitrogens with zero attached hydrogens (tertiary/aromatic N) is 5. The number of para-hydroxylation sites is 8. The summed E-state index contributed by atoms with van der Waals surface area (Å²) >= 11 is 0. The SMILES string of the molecule is CC1(C)c2ccccc2N(C2=C(C#N)C(N3c4ccccc4C(C)(C)c4ccccc43)C(N3c4ccccc4C(C)(C)c4ccccc43)CC2N2c3ccccc3C(C)(C)c3ccccc32)c2ccccc21. The fourth-order valence-electron chi connectivity index (χ4n) is 14.2. The van der Waals surface area contributed by atoms with Crippen LogP contribution in [-0.2, 0) is 21.7 Å². The van der Waals surface area contributed by atoms with Gasteiger partial charge in [0.05, 0.1) is 46.8 Å². The Morgan fingerprint density at radius 2 is 0.597 bits per heavy atom. The zero-order chi connectivity index (χ0) is 49.5. The Labute approximate surface area is 425 Å². The van der Waals surface area contributed by atoms with Gasteiger partial charge in [-0.25, -0.2) is 0 Å². The van der Waals surface area contributed by atoms with Crippen LogP contribution in [0.15, 0.2) is 205 Å². The quantitative estimate of drug-likeness (QED) is 0.176. The van der Waals surface area contributed by atoms with E-state index < -0.39 is 6.04 Å². The fraction of sp³-hybridized carbons (Fsp3) is 0.239. The van der Waals surface area contributed by atoms with E-state index in [2.05, 4.69) is 275 Å². The van der Waals surface area contributed by atoms with Gasteiger partial charge < -0.3 is 19.6 Å². The summed E-state index contributed by atoms with van der Waals surface area (Å²) in [5, 5.41) is 12.9. The van der Waals surface area contributed by atoms with E-state index in [0.717, 1.165) is 34.0 Å². The van der Waals surface area contributed by atoms with Gasteiger partial charge in [0.25, 0.3) is 0 Å². The summed E-state index contributed by atoms with van der Waals surface area (Å²) in [6.07, 6.45) is 0.672. The summed E-state index contributed by atoms with van der Waals surface area (Å²) < 4.78 is 0. The first-order chi connectivity index (χ1) is 34.8. The van der Waals surface area contributed by atoms with Crippen LogP contribution in [0.5, 0.6) is 0 Å². The van der Waals surface area contributed by atoms with Crippen LogP contribution in [0.2, 0.25) is 0 Å². The number of fused-ring (bicyclic) bond motifs is 8. The lowest BCUT2D eigenvalue weighted by Gasteiger charge is -2.57. The molecule has 3 atom stereocenters. The molecule has 0 saturated heterocycles. The highest BCUT2D eigenvalue weighted by atomic mass is 15.3. The second kappa shape index (κ2) is 15.6. The molecule has 0 amide bonds. The van der Waals surface area contributed by atoms with Gasteiger partial charge in [0.15, 0.2) is 0 Å². The number of hydrogen-bond donors (Lipinski definition) is 0. The lowest BCUT2D eigenvalue weighted by Crippen LogP contribution is -2.60. The van der Waals surface area contributed by atoms with E-state index in [1.54, 1.807) is 0 Å². The summed E-state index contributed by atoms with van der Waals surface area (Å²) in [6.45, 7) is 18.9. The highest BCUT2D eigenvalue weighted by Gasteiger charge is 2.55. The predicted molar refractivity (Wildman–Crippen MR) is 297 cm³/mol. The summed E-state index contributed by atoms with van der Waals surface area (Å²) in [4.78, 5) is 10.4. The maximum absolute atomic E-state index is 12.9. The Bertz CT molecular complexity index is 3400. The molecule has 5 aliphatic rings. The highest BCUT2D eigenvalue weighted by molar-refractivity contribution is 5.89. The highest BCUT2D eigenvalue weighted by Crippen LogP contribution is 2.60. The second-order valence-corrected chi connectivity index (χ2v) is 22.8. The molecule has 3 unspecified atom stereocenters. The van der Waals surface area contributed by atoms with Crippen molar-refractivity contribution in [2.45, 2.75) is 102 Å². The maximum atomic E-state index is 12.9. The van der Waals surface area contributed by atoms with Gasteiger partial charge in [-0.2, -0.15) is 5.26 Å². The van der Waals surface area contributed by atoms with E-state index in [0.29, 0.717) is 6.42 Å². The number of benzene rings is 8. The number of nitriles is 1. The van der Waals surface area contributed by atoms with E-state index in [4.69, 9.17) is 0 Å². The molecule has 0 spiro atoms. The van der Waals surface area contributed by atoms with Gasteiger partial charge in [0, 0.05) is 55.8 Å². The molecule has 0 N–H and O–H groups in total. The summed E-state index contributed by atoms with van der Waals surface area (Å²) in [5.41, 5.74) is 19.9. The Balaban J connectivity index is 1.20. The summed E-state index contributed by atoms with van der Waals surface area (Å²) in [6, 6.07) is 74.2. The van der Waals surface area contributed by atoms with Gasteiger partial charge in [-0.1, -0.05) is 201 Å². The minimum atomic E-state index is -0.469. The van der Waals surface area contributed by atoms with E-state index >= 15 is 0 Å². The molecule has 0 bridgehead atoms. The zero-order valence-corrected chi connectivity index (χ0v) is 42.7. The molecule has 1 aliphatic carbocycles. The van der Waals surface area contributed by atoms with Gasteiger partial charge in [-0.15, -0.1) is 0 Å². The van der Waals surface area contributed by atoms with Crippen LogP contribution in [0.25, 0.3) is 0 Å². The van der Waals surface area contributed by atoms with Gasteiger partial charge in [-0.05, 0) is 99.5 Å². The van der Waals surface area contributed by atoms with Crippen LogP contribution in [-0.4, -0.2) is 18.1 Å². The van der Waals surface area contributed by atoms with Crippen LogP contribution in [0.1, 0.15) is 106 Å². The van der Waals surface area contributed by atoms with Crippen molar-refractivity contribution in [3.8, 4) is 6.07 Å². The molecule has 8 aromatic carbocycles. The Morgan fingerprint density at radius 3 is 0.903 bits per heavy atom. The van der Waals surface area contributed by atoms with E-state index in [1.165, 1.54) is 67.3 Å². The predicted octanol–water partition coefficient (Wildman–Crippen LogP) is 16.2. The van der Waals surface area contributed by atoms with E-state index in [1.807, 2.05) is 0 Å². The van der Waals surface area contributed by atoms with E-state index in [-0.39, 0.29) is 33.7 Å². The number of rotatable bonds is 4. The second-order valence-electron chi connectivity index (χ2n) is 22.8. The third-order valence-corrected chi connectivity index (χ3v) is 17.7. The first-order valence-corrected chi connectivity index (χ1v) is 25.9. The zero-order valence-electron chi connectivity index (χ0n) is 42.7. The standard InChI is InChI=1S/C67H61N5/c1-64(2)44-25-9-17-33-52(44)69(53-34-18-10-26-45(53)64)60-41-61(70-54-35-19-11-27-46(54)65(3,4)47-28-12-20-36-55(47)70)63(72-58-39-23-15-31-50(58)67(7,8)51-32-16-24-40-59(51)72)43(42-68)62(60)71-56-37-21-13-29-48(56)66(5,6)49-30-14-22-38-57(49)71/h9-40,60-62H,41H2,1-8H3. The average Bonchev–Trinajstić information content (AvgIpc) is 3.40. The van der Waals surface area contributed by atoms with Gasteiger partial charge in [0.2, 0.25) is 0 Å². The van der Waals surface area contributed by atoms with Gasteiger partial charge in [-0.3, -0.25) is 0 Å². The molecule has 354 valence electrons. The first kappa shape index (κ1) is 44.2. The lowest BCUT2D eigenvalue weighted by molar-refractivity contribution is 0.441. The Morgan fingerprint density at radius 1 is 0.347 bits per heavy atom. The minimum Gasteiger partial charge on any atom is -0.335 e. The summed E-state index contributed by atoms with van der Waals surface area (Å²) in [7, 11) is 0. The maximum Gasteiger partial charge on any atom is 0.0989 e. The van der Waals surface area contributed by atoms with Crippen LogP contribution >= 0.6 is 0 Å². The van der Waals surface area contributed by atoms with Crippen molar-refractivity contribution in [2.75, 3.05) is 19.6 Å². The molecule has 8 aromatic rings. The molecule has 72 heavy (non-hydrogen) atoms. The number of hydrogen-bond acceptors (Lipinski definition) is 5. The molecular weight excluding hydrogens is 875 g/mol. The average molecular weight is 936 g/mol. The molecule has 13 rings (SSSR count). The van der Waals surface area contributed by atoms with Crippen LogP contribution in [0.4, 0.5) is 45.5 Å². The van der Waals surface area contributed by atoms with Crippen LogP contribution < -0.4 is 19.6 Å². The molecular formula is C67H61N5. The van der Waals surface area contributed by atoms with Gasteiger partial charge in [0.1, 0.15) is 0 Å². The largest absolute Gasteiger partial charge is 0.335 e. The molecule has 5 nitrogen and oxygen atoms in total. The Kier molecular flexibility index (Phi) is 9.56. The monoisotopic (exact) mass is 935 g/mol. The third-order valence-electron chi connectivity index (χ3n) is 17.7. The van der Waals surface area contributed by atoms with Crippen molar-refractivity contribution in [1.82, 2.24) is 0 Å². The van der Waals surface area contributed by atoms with Crippen molar-refractivity contribution in [2.24, 2.45) is 0 Å². The first-order valence-electron chi connectivity index (χ1n) is 25.9. The lowest BCUT2D eigenvalue weighted by atomic mass is 9.69. The third kappa shape index (κ3) is 5.93. The summed E-state index contributed by atoms with van der Waals surface area (Å²) in [5.74, 6) is 0. The molecule has 4 aliphatic heterocycles. The van der Waals surface area contributed by atoms with Gasteiger partial charge >= 0.3 is 0 Å². The smallest absolute Gasteiger partial charge is 0.0989 e. The minimum absolute atomic E-state index is 0.268. The fourth-order valence-corrected chi connectivity index (χ4v) is 14.2. The Hall–Kier alpha value is -7.81. The molecule has 0 saturated carbocycles. The van der Waals surface area contributed by atoms with Crippen LogP contribution in [0, 0.1) is 11.3 Å². The van der Waals surface area contributed by atoms with Crippen LogP contribution in [0.3, 0.4) is 0 Å². The molecule has 0 fully saturated rings. The van der Waals surface area contributed by atoms with Crippen molar-refractivity contribution >= 4 is 45.5 Å². The number of anilines is 8. The molecule has 5 heteroatoms.